The fourth-order valence-electron chi connectivity index (χ4n) is 1.34. The number of aromatic nitrogens is 2. The minimum Gasteiger partial charge on any atom is -0.369 e. The summed E-state index contributed by atoms with van der Waals surface area (Å²) in [6, 6.07) is 1.79. The molecule has 0 bridgehead atoms. The first-order valence-corrected chi connectivity index (χ1v) is 7.98. The molecule has 0 aromatic carbocycles. The number of sulfone groups is 1. The Labute approximate surface area is 108 Å². The molecule has 1 heterocycles. The van der Waals surface area contributed by atoms with Crippen molar-refractivity contribution in [2.24, 2.45) is 0 Å². The summed E-state index contributed by atoms with van der Waals surface area (Å²) >= 11 is 0. The minimum absolute atomic E-state index is 0.0910. The second-order valence-electron chi connectivity index (χ2n) is 4.20. The predicted molar refractivity (Wildman–Crippen MR) is 73.8 cm³/mol. The van der Waals surface area contributed by atoms with E-state index < -0.39 is 9.84 Å². The average molecular weight is 272 g/mol. The van der Waals surface area contributed by atoms with Gasteiger partial charge >= 0.3 is 0 Å². The van der Waals surface area contributed by atoms with E-state index in [9.17, 15) is 8.42 Å². The lowest BCUT2D eigenvalue weighted by atomic mass is 10.4. The molecule has 0 amide bonds. The molecule has 1 aromatic heterocycles. The number of rotatable bonds is 7. The Hall–Kier alpha value is -1.37. The van der Waals surface area contributed by atoms with Crippen LogP contribution < -0.4 is 10.6 Å². The molecule has 0 atom stereocenters. The Bertz CT molecular complexity index is 488. The first kappa shape index (κ1) is 14.7. The molecule has 7 heteroatoms. The highest BCUT2D eigenvalue weighted by molar-refractivity contribution is 7.90. The first-order valence-electron chi connectivity index (χ1n) is 5.92. The molecule has 1 rings (SSSR count). The molecule has 0 saturated heterocycles. The summed E-state index contributed by atoms with van der Waals surface area (Å²) in [5, 5.41) is 6.09. The number of hydrogen-bond donors (Lipinski definition) is 2. The van der Waals surface area contributed by atoms with E-state index >= 15 is 0 Å². The van der Waals surface area contributed by atoms with Gasteiger partial charge in [-0.25, -0.2) is 13.4 Å². The third-order valence-electron chi connectivity index (χ3n) is 2.17. The van der Waals surface area contributed by atoms with Gasteiger partial charge in [-0.05, 0) is 13.3 Å². The summed E-state index contributed by atoms with van der Waals surface area (Å²) in [4.78, 5) is 8.51. The van der Waals surface area contributed by atoms with Crippen molar-refractivity contribution in [2.45, 2.75) is 20.3 Å². The van der Waals surface area contributed by atoms with Crippen molar-refractivity contribution in [1.82, 2.24) is 9.97 Å². The van der Waals surface area contributed by atoms with Crippen LogP contribution in [0.5, 0.6) is 0 Å². The van der Waals surface area contributed by atoms with Crippen molar-refractivity contribution in [2.75, 3.05) is 35.7 Å². The lowest BCUT2D eigenvalue weighted by Crippen LogP contribution is -2.15. The van der Waals surface area contributed by atoms with Gasteiger partial charge in [0, 0.05) is 31.1 Å². The quantitative estimate of drug-likeness (QED) is 0.772. The van der Waals surface area contributed by atoms with Crippen molar-refractivity contribution >= 4 is 21.6 Å². The SMILES string of the molecule is CCCNc1nc(C)cc(NCCS(C)(=O)=O)n1. The van der Waals surface area contributed by atoms with Gasteiger partial charge in [0.05, 0.1) is 5.75 Å². The van der Waals surface area contributed by atoms with E-state index in [0.717, 1.165) is 18.7 Å². The lowest BCUT2D eigenvalue weighted by Gasteiger charge is -2.09. The average Bonchev–Trinajstić information content (AvgIpc) is 2.24. The summed E-state index contributed by atoms with van der Waals surface area (Å²) in [7, 11) is -2.95. The largest absolute Gasteiger partial charge is 0.369 e. The van der Waals surface area contributed by atoms with E-state index in [-0.39, 0.29) is 5.75 Å². The lowest BCUT2D eigenvalue weighted by molar-refractivity contribution is 0.602. The zero-order valence-electron chi connectivity index (χ0n) is 11.0. The van der Waals surface area contributed by atoms with Gasteiger partial charge in [-0.2, -0.15) is 4.98 Å². The number of nitrogens with zero attached hydrogens (tertiary/aromatic N) is 2. The fraction of sp³-hybridized carbons (Fsp3) is 0.636. The molecule has 2 N–H and O–H groups in total. The van der Waals surface area contributed by atoms with Crippen LogP contribution in [0.25, 0.3) is 0 Å². The van der Waals surface area contributed by atoms with Crippen molar-refractivity contribution in [1.29, 1.82) is 0 Å². The topological polar surface area (TPSA) is 84.0 Å². The number of anilines is 2. The van der Waals surface area contributed by atoms with Crippen LogP contribution in [0.15, 0.2) is 6.07 Å². The van der Waals surface area contributed by atoms with E-state index in [4.69, 9.17) is 0 Å². The third kappa shape index (κ3) is 5.81. The Kier molecular flexibility index (Phi) is 5.33. The van der Waals surface area contributed by atoms with Crippen molar-refractivity contribution in [3.05, 3.63) is 11.8 Å². The maximum absolute atomic E-state index is 11.0. The molecule has 0 unspecified atom stereocenters. The molecule has 102 valence electrons. The highest BCUT2D eigenvalue weighted by Gasteiger charge is 2.04. The number of hydrogen-bond acceptors (Lipinski definition) is 6. The molecule has 1 aromatic rings. The van der Waals surface area contributed by atoms with Gasteiger partial charge in [-0.15, -0.1) is 0 Å². The minimum atomic E-state index is -2.95. The molecule has 0 saturated carbocycles. The Balaban J connectivity index is 2.62. The molecule has 0 aliphatic carbocycles. The Morgan fingerprint density at radius 3 is 2.56 bits per heavy atom. The van der Waals surface area contributed by atoms with Crippen molar-refractivity contribution in [3.8, 4) is 0 Å². The van der Waals surface area contributed by atoms with Crippen LogP contribution in [0.2, 0.25) is 0 Å². The third-order valence-corrected chi connectivity index (χ3v) is 3.11. The molecule has 0 spiro atoms. The molecule has 0 aliphatic rings. The van der Waals surface area contributed by atoms with Gasteiger partial charge < -0.3 is 10.6 Å². The normalized spacial score (nSPS) is 11.3. The number of nitrogens with one attached hydrogen (secondary N) is 2. The summed E-state index contributed by atoms with van der Waals surface area (Å²) in [6.07, 6.45) is 2.21. The van der Waals surface area contributed by atoms with Crippen LogP contribution in [0, 0.1) is 6.92 Å². The molecule has 6 nitrogen and oxygen atoms in total. The van der Waals surface area contributed by atoms with Crippen LogP contribution in [0.4, 0.5) is 11.8 Å². The maximum Gasteiger partial charge on any atom is 0.224 e. The molecular weight excluding hydrogens is 252 g/mol. The van der Waals surface area contributed by atoms with Gasteiger partial charge in [0.1, 0.15) is 15.7 Å². The molecule has 0 aliphatic heterocycles. The zero-order valence-corrected chi connectivity index (χ0v) is 11.8. The van der Waals surface area contributed by atoms with Gasteiger partial charge in [0.15, 0.2) is 0 Å². The summed E-state index contributed by atoms with van der Waals surface area (Å²) < 4.78 is 22.0. The molecule has 0 fully saturated rings. The Morgan fingerprint density at radius 2 is 1.94 bits per heavy atom. The summed E-state index contributed by atoms with van der Waals surface area (Å²) in [5.74, 6) is 1.30. The molecule has 18 heavy (non-hydrogen) atoms. The Morgan fingerprint density at radius 1 is 1.22 bits per heavy atom. The van der Waals surface area contributed by atoms with Crippen LogP contribution >= 0.6 is 0 Å². The fourth-order valence-corrected chi connectivity index (χ4v) is 1.81. The van der Waals surface area contributed by atoms with E-state index in [1.807, 2.05) is 6.92 Å². The van der Waals surface area contributed by atoms with E-state index in [1.54, 1.807) is 6.07 Å². The predicted octanol–water partition coefficient (Wildman–Crippen LogP) is 1.06. The molecule has 0 radical (unpaired) electrons. The van der Waals surface area contributed by atoms with Crippen LogP contribution in [-0.2, 0) is 9.84 Å². The standard InChI is InChI=1S/C11H20N4O2S/c1-4-5-13-11-14-9(2)8-10(15-11)12-6-7-18(3,16)17/h8H,4-7H2,1-3H3,(H2,12,13,14,15). The highest BCUT2D eigenvalue weighted by atomic mass is 32.2. The zero-order chi connectivity index (χ0) is 13.6. The van der Waals surface area contributed by atoms with Crippen LogP contribution in [0.1, 0.15) is 19.0 Å². The highest BCUT2D eigenvalue weighted by Crippen LogP contribution is 2.09. The van der Waals surface area contributed by atoms with Gasteiger partial charge in [-0.3, -0.25) is 0 Å². The van der Waals surface area contributed by atoms with E-state index in [0.29, 0.717) is 18.3 Å². The van der Waals surface area contributed by atoms with Crippen LogP contribution in [-0.4, -0.2) is 43.5 Å². The number of aryl methyl sites for hydroxylation is 1. The molecular formula is C11H20N4O2S. The first-order chi connectivity index (χ1) is 8.40. The van der Waals surface area contributed by atoms with Gasteiger partial charge in [0.2, 0.25) is 5.95 Å². The smallest absolute Gasteiger partial charge is 0.224 e. The van der Waals surface area contributed by atoms with E-state index in [2.05, 4.69) is 27.5 Å². The van der Waals surface area contributed by atoms with Crippen molar-refractivity contribution < 1.29 is 8.42 Å². The van der Waals surface area contributed by atoms with Crippen molar-refractivity contribution in [3.63, 3.8) is 0 Å². The van der Waals surface area contributed by atoms with Gasteiger partial charge in [0.25, 0.3) is 0 Å². The second kappa shape index (κ2) is 6.53. The summed E-state index contributed by atoms with van der Waals surface area (Å²) in [6.45, 7) is 5.10. The maximum atomic E-state index is 11.0. The summed E-state index contributed by atoms with van der Waals surface area (Å²) in [5.41, 5.74) is 0.838. The van der Waals surface area contributed by atoms with E-state index in [1.165, 1.54) is 6.26 Å². The van der Waals surface area contributed by atoms with Crippen LogP contribution in [0.3, 0.4) is 0 Å². The van der Waals surface area contributed by atoms with Gasteiger partial charge in [-0.1, -0.05) is 6.92 Å². The monoisotopic (exact) mass is 272 g/mol. The second-order valence-corrected chi connectivity index (χ2v) is 6.46.